The quantitative estimate of drug-likeness (QED) is 0.465. The third-order valence-electron chi connectivity index (χ3n) is 3.67. The molecule has 0 amide bonds. The number of rotatable bonds is 7. The molecule has 1 aromatic carbocycles. The van der Waals surface area contributed by atoms with Crippen LogP contribution in [0.4, 0.5) is 11.4 Å². The molecule has 2 aromatic rings. The van der Waals surface area contributed by atoms with Crippen LogP contribution in [0.3, 0.4) is 0 Å². The van der Waals surface area contributed by atoms with Gasteiger partial charge in [0.1, 0.15) is 0 Å². The van der Waals surface area contributed by atoms with Gasteiger partial charge in [0.15, 0.2) is 0 Å². The van der Waals surface area contributed by atoms with Gasteiger partial charge in [0, 0.05) is 42.1 Å². The Morgan fingerprint density at radius 3 is 2.86 bits per heavy atom. The van der Waals surface area contributed by atoms with Crippen LogP contribution in [0, 0.1) is 10.1 Å². The molecule has 0 radical (unpaired) electrons. The van der Waals surface area contributed by atoms with Crippen LogP contribution in [0.25, 0.3) is 10.8 Å². The normalized spacial score (nSPS) is 14.3. The molecule has 0 unspecified atom stereocenters. The highest BCUT2D eigenvalue weighted by molar-refractivity contribution is 5.99. The van der Waals surface area contributed by atoms with E-state index in [-0.39, 0.29) is 10.6 Å². The molecular weight excluding hydrogens is 268 g/mol. The highest BCUT2D eigenvalue weighted by atomic mass is 16.6. The lowest BCUT2D eigenvalue weighted by Crippen LogP contribution is -2.19. The van der Waals surface area contributed by atoms with Crippen molar-refractivity contribution in [3.63, 3.8) is 0 Å². The fourth-order valence-electron chi connectivity index (χ4n) is 2.39. The SMILES string of the molecule is O=[N+]([O-])c1ccc(NCCCNC2CC2)c2ccncc12. The van der Waals surface area contributed by atoms with Gasteiger partial charge in [-0.25, -0.2) is 0 Å². The lowest BCUT2D eigenvalue weighted by atomic mass is 10.1. The topological polar surface area (TPSA) is 80.1 Å². The zero-order chi connectivity index (χ0) is 14.7. The second kappa shape index (κ2) is 6.05. The van der Waals surface area contributed by atoms with E-state index in [0.717, 1.165) is 36.6 Å². The van der Waals surface area contributed by atoms with Gasteiger partial charge < -0.3 is 10.6 Å². The zero-order valence-electron chi connectivity index (χ0n) is 11.7. The molecule has 0 aliphatic heterocycles. The number of anilines is 1. The molecule has 1 aromatic heterocycles. The molecule has 6 nitrogen and oxygen atoms in total. The molecule has 0 bridgehead atoms. The molecule has 0 atom stereocenters. The van der Waals surface area contributed by atoms with E-state index in [1.807, 2.05) is 6.07 Å². The minimum absolute atomic E-state index is 0.0963. The van der Waals surface area contributed by atoms with Gasteiger partial charge in [-0.3, -0.25) is 15.1 Å². The summed E-state index contributed by atoms with van der Waals surface area (Å²) in [4.78, 5) is 14.7. The first-order valence-corrected chi connectivity index (χ1v) is 7.24. The molecule has 110 valence electrons. The molecule has 0 saturated heterocycles. The maximum Gasteiger partial charge on any atom is 0.278 e. The van der Waals surface area contributed by atoms with E-state index >= 15 is 0 Å². The van der Waals surface area contributed by atoms with Gasteiger partial charge in [-0.1, -0.05) is 0 Å². The van der Waals surface area contributed by atoms with E-state index in [1.165, 1.54) is 18.9 Å². The van der Waals surface area contributed by atoms with Crippen LogP contribution in [-0.4, -0.2) is 29.0 Å². The zero-order valence-corrected chi connectivity index (χ0v) is 11.7. The van der Waals surface area contributed by atoms with E-state index in [1.54, 1.807) is 18.5 Å². The van der Waals surface area contributed by atoms with Crippen LogP contribution in [0.1, 0.15) is 19.3 Å². The smallest absolute Gasteiger partial charge is 0.278 e. The summed E-state index contributed by atoms with van der Waals surface area (Å²) in [5.41, 5.74) is 1.02. The first-order chi connectivity index (χ1) is 10.3. The molecule has 1 heterocycles. The monoisotopic (exact) mass is 286 g/mol. The van der Waals surface area contributed by atoms with E-state index in [4.69, 9.17) is 0 Å². The molecule has 2 N–H and O–H groups in total. The predicted octanol–water partition coefficient (Wildman–Crippen LogP) is 2.70. The minimum Gasteiger partial charge on any atom is -0.384 e. The lowest BCUT2D eigenvalue weighted by molar-refractivity contribution is -0.383. The number of non-ortho nitro benzene ring substituents is 1. The highest BCUT2D eigenvalue weighted by Crippen LogP contribution is 2.30. The average Bonchev–Trinajstić information content (AvgIpc) is 3.30. The largest absolute Gasteiger partial charge is 0.384 e. The summed E-state index contributed by atoms with van der Waals surface area (Å²) >= 11 is 0. The minimum atomic E-state index is -0.368. The van der Waals surface area contributed by atoms with Gasteiger partial charge in [0.05, 0.1) is 10.3 Å². The number of pyridine rings is 1. The number of aromatic nitrogens is 1. The van der Waals surface area contributed by atoms with Crippen molar-refractivity contribution in [2.75, 3.05) is 18.4 Å². The number of nitrogens with one attached hydrogen (secondary N) is 2. The maximum absolute atomic E-state index is 11.0. The standard InChI is InChI=1S/C15H18N4O2/c20-19(21)15-5-4-14(12-6-9-16-10-13(12)15)18-8-1-7-17-11-2-3-11/h4-6,9-11,17-18H,1-3,7-8H2. The third-order valence-corrected chi connectivity index (χ3v) is 3.67. The van der Waals surface area contributed by atoms with Crippen molar-refractivity contribution in [1.82, 2.24) is 10.3 Å². The third kappa shape index (κ3) is 3.28. The fraction of sp³-hybridized carbons (Fsp3) is 0.400. The van der Waals surface area contributed by atoms with Crippen molar-refractivity contribution in [2.24, 2.45) is 0 Å². The molecule has 0 spiro atoms. The van der Waals surface area contributed by atoms with Gasteiger partial charge in [0.25, 0.3) is 5.69 Å². The molecule has 21 heavy (non-hydrogen) atoms. The van der Waals surface area contributed by atoms with Crippen LogP contribution in [0.5, 0.6) is 0 Å². The van der Waals surface area contributed by atoms with Gasteiger partial charge in [-0.05, 0) is 37.9 Å². The molecule has 1 aliphatic carbocycles. The van der Waals surface area contributed by atoms with E-state index in [0.29, 0.717) is 5.39 Å². The highest BCUT2D eigenvalue weighted by Gasteiger charge is 2.19. The number of nitrogens with zero attached hydrogens (tertiary/aromatic N) is 2. The fourth-order valence-corrected chi connectivity index (χ4v) is 2.39. The van der Waals surface area contributed by atoms with Crippen LogP contribution in [0.15, 0.2) is 30.6 Å². The van der Waals surface area contributed by atoms with Crippen molar-refractivity contribution in [3.05, 3.63) is 40.7 Å². The van der Waals surface area contributed by atoms with Gasteiger partial charge in [-0.15, -0.1) is 0 Å². The summed E-state index contributed by atoms with van der Waals surface area (Å²) in [5, 5.41) is 19.3. The molecule has 1 saturated carbocycles. The van der Waals surface area contributed by atoms with Gasteiger partial charge in [-0.2, -0.15) is 0 Å². The van der Waals surface area contributed by atoms with Crippen LogP contribution in [-0.2, 0) is 0 Å². The second-order valence-electron chi connectivity index (χ2n) is 5.32. The number of benzene rings is 1. The Labute approximate surface area is 122 Å². The Morgan fingerprint density at radius 1 is 1.24 bits per heavy atom. The Kier molecular flexibility index (Phi) is 3.96. The first kappa shape index (κ1) is 13.8. The van der Waals surface area contributed by atoms with Crippen LogP contribution in [0.2, 0.25) is 0 Å². The van der Waals surface area contributed by atoms with Crippen molar-refractivity contribution >= 4 is 22.1 Å². The Bertz CT molecular complexity index is 655. The molecule has 1 aliphatic rings. The van der Waals surface area contributed by atoms with E-state index in [2.05, 4.69) is 15.6 Å². The van der Waals surface area contributed by atoms with Crippen molar-refractivity contribution < 1.29 is 4.92 Å². The first-order valence-electron chi connectivity index (χ1n) is 7.24. The number of nitro groups is 1. The van der Waals surface area contributed by atoms with Crippen molar-refractivity contribution in [2.45, 2.75) is 25.3 Å². The Balaban J connectivity index is 1.69. The number of fused-ring (bicyclic) bond motifs is 1. The van der Waals surface area contributed by atoms with Crippen molar-refractivity contribution in [3.8, 4) is 0 Å². The summed E-state index contributed by atoms with van der Waals surface area (Å²) in [6.45, 7) is 1.85. The number of nitro benzene ring substituents is 1. The molecular formula is C15H18N4O2. The Morgan fingerprint density at radius 2 is 2.10 bits per heavy atom. The lowest BCUT2D eigenvalue weighted by Gasteiger charge is -2.10. The summed E-state index contributed by atoms with van der Waals surface area (Å²) in [6.07, 6.45) is 6.83. The van der Waals surface area contributed by atoms with Crippen LogP contribution < -0.4 is 10.6 Å². The van der Waals surface area contributed by atoms with Gasteiger partial charge >= 0.3 is 0 Å². The average molecular weight is 286 g/mol. The Hall–Kier alpha value is -2.21. The second-order valence-corrected chi connectivity index (χ2v) is 5.32. The summed E-state index contributed by atoms with van der Waals surface area (Å²) in [7, 11) is 0. The van der Waals surface area contributed by atoms with Gasteiger partial charge in [0.2, 0.25) is 0 Å². The molecule has 6 heteroatoms. The van der Waals surface area contributed by atoms with Crippen LogP contribution >= 0.6 is 0 Å². The van der Waals surface area contributed by atoms with E-state index in [9.17, 15) is 10.1 Å². The summed E-state index contributed by atoms with van der Waals surface area (Å²) < 4.78 is 0. The summed E-state index contributed by atoms with van der Waals surface area (Å²) in [5.74, 6) is 0. The summed E-state index contributed by atoms with van der Waals surface area (Å²) in [6, 6.07) is 5.85. The number of hydrogen-bond donors (Lipinski definition) is 2. The maximum atomic E-state index is 11.0. The molecule has 1 fully saturated rings. The van der Waals surface area contributed by atoms with E-state index < -0.39 is 0 Å². The predicted molar refractivity (Wildman–Crippen MR) is 82.5 cm³/mol. The number of hydrogen-bond acceptors (Lipinski definition) is 5. The molecule has 3 rings (SSSR count). The van der Waals surface area contributed by atoms with Crippen molar-refractivity contribution in [1.29, 1.82) is 0 Å².